The fraction of sp³-hybridized carbons (Fsp3) is 0.500. The predicted octanol–water partition coefficient (Wildman–Crippen LogP) is 7.36. The van der Waals surface area contributed by atoms with Crippen molar-refractivity contribution in [2.45, 2.75) is 79.1 Å². The van der Waals surface area contributed by atoms with Gasteiger partial charge in [0.15, 0.2) is 0 Å². The number of unbranched alkanes of at least 4 members (excludes halogenated alkanes) is 3. The van der Waals surface area contributed by atoms with Gasteiger partial charge in [0.1, 0.15) is 0 Å². The molecule has 0 heterocycles. The van der Waals surface area contributed by atoms with E-state index in [-0.39, 0.29) is 17.5 Å². The minimum absolute atomic E-state index is 0.163. The first-order valence-electron chi connectivity index (χ1n) is 14.2. The summed E-state index contributed by atoms with van der Waals surface area (Å²) < 4.78 is 15.5. The summed E-state index contributed by atoms with van der Waals surface area (Å²) in [6, 6.07) is 12.1. The topological polar surface area (TPSA) is 116 Å². The SMILES string of the molecule is CCCCC(CC)COC(=O)c1ccc(C(=O)O)cc1.CCCCOC(=O)c1ccc(C(=O)OCCCC)cc1. The second-order valence-corrected chi connectivity index (χ2v) is 9.45. The van der Waals surface area contributed by atoms with E-state index in [9.17, 15) is 19.2 Å². The quantitative estimate of drug-likeness (QED) is 0.129. The summed E-state index contributed by atoms with van der Waals surface area (Å²) in [6.45, 7) is 9.58. The molecule has 2 aromatic carbocycles. The minimum Gasteiger partial charge on any atom is -0.478 e. The molecule has 0 aliphatic heterocycles. The van der Waals surface area contributed by atoms with Gasteiger partial charge < -0.3 is 19.3 Å². The highest BCUT2D eigenvalue weighted by Crippen LogP contribution is 2.14. The molecule has 8 nitrogen and oxygen atoms in total. The molecule has 2 aromatic rings. The molecule has 0 saturated carbocycles. The molecule has 0 aliphatic carbocycles. The van der Waals surface area contributed by atoms with Crippen LogP contribution in [0.1, 0.15) is 120 Å². The van der Waals surface area contributed by atoms with E-state index in [1.165, 1.54) is 24.3 Å². The number of rotatable bonds is 16. The largest absolute Gasteiger partial charge is 0.478 e. The molecule has 220 valence electrons. The molecule has 40 heavy (non-hydrogen) atoms. The van der Waals surface area contributed by atoms with Crippen molar-refractivity contribution in [3.05, 3.63) is 70.8 Å². The number of benzene rings is 2. The van der Waals surface area contributed by atoms with E-state index in [1.54, 1.807) is 24.3 Å². The van der Waals surface area contributed by atoms with Crippen LogP contribution in [-0.2, 0) is 14.2 Å². The van der Waals surface area contributed by atoms with Crippen LogP contribution in [0.2, 0.25) is 0 Å². The third-order valence-electron chi connectivity index (χ3n) is 6.18. The molecule has 2 rings (SSSR count). The molecular formula is C32H44O8. The van der Waals surface area contributed by atoms with E-state index in [0.29, 0.717) is 42.4 Å². The Morgan fingerprint density at radius 1 is 0.600 bits per heavy atom. The van der Waals surface area contributed by atoms with Gasteiger partial charge in [0.2, 0.25) is 0 Å². The number of carbonyl (C=O) groups is 4. The zero-order valence-electron chi connectivity index (χ0n) is 24.3. The van der Waals surface area contributed by atoms with Crippen LogP contribution in [-0.4, -0.2) is 48.8 Å². The summed E-state index contributed by atoms with van der Waals surface area (Å²) in [5, 5.41) is 8.79. The van der Waals surface area contributed by atoms with Crippen molar-refractivity contribution < 1.29 is 38.5 Å². The van der Waals surface area contributed by atoms with Gasteiger partial charge in [-0.2, -0.15) is 0 Å². The minimum atomic E-state index is -1.00. The Bertz CT molecular complexity index is 987. The van der Waals surface area contributed by atoms with Crippen LogP contribution >= 0.6 is 0 Å². The lowest BCUT2D eigenvalue weighted by Gasteiger charge is -2.14. The van der Waals surface area contributed by atoms with E-state index >= 15 is 0 Å². The first-order valence-corrected chi connectivity index (χ1v) is 14.2. The zero-order chi connectivity index (χ0) is 29.8. The van der Waals surface area contributed by atoms with Crippen molar-refractivity contribution in [2.75, 3.05) is 19.8 Å². The van der Waals surface area contributed by atoms with Crippen molar-refractivity contribution in [3.63, 3.8) is 0 Å². The fourth-order valence-corrected chi connectivity index (χ4v) is 3.45. The highest BCUT2D eigenvalue weighted by Gasteiger charge is 2.13. The zero-order valence-corrected chi connectivity index (χ0v) is 24.3. The Kier molecular flexibility index (Phi) is 17.4. The van der Waals surface area contributed by atoms with Crippen LogP contribution in [0, 0.1) is 5.92 Å². The summed E-state index contributed by atoms with van der Waals surface area (Å²) in [5.74, 6) is -1.71. The van der Waals surface area contributed by atoms with Crippen molar-refractivity contribution >= 4 is 23.9 Å². The van der Waals surface area contributed by atoms with E-state index in [0.717, 1.165) is 51.4 Å². The molecule has 0 saturated heterocycles. The van der Waals surface area contributed by atoms with Gasteiger partial charge in [-0.15, -0.1) is 0 Å². The third kappa shape index (κ3) is 13.4. The highest BCUT2D eigenvalue weighted by molar-refractivity contribution is 5.93. The van der Waals surface area contributed by atoms with Crippen LogP contribution in [0.5, 0.6) is 0 Å². The first kappa shape index (κ1) is 34.3. The highest BCUT2D eigenvalue weighted by atomic mass is 16.5. The number of carboxylic acids is 1. The van der Waals surface area contributed by atoms with Gasteiger partial charge in [0.05, 0.1) is 42.1 Å². The van der Waals surface area contributed by atoms with Gasteiger partial charge in [0.25, 0.3) is 0 Å². The molecule has 0 amide bonds. The standard InChI is InChI=1S/2C16H22O4/c1-3-5-6-12(4-2)11-20-16(19)14-9-7-13(8-10-14)15(17)18;1-3-5-11-19-15(17)13-7-9-14(10-8-13)16(18)20-12-6-4-2/h7-10,12H,3-6,11H2,1-2H3,(H,17,18);7-10H,3-6,11-12H2,1-2H3. The normalized spacial score (nSPS) is 11.0. The number of aromatic carboxylic acids is 1. The maximum Gasteiger partial charge on any atom is 0.338 e. The Balaban J connectivity index is 0.000000400. The molecule has 0 aliphatic rings. The Morgan fingerprint density at radius 2 is 0.975 bits per heavy atom. The lowest BCUT2D eigenvalue weighted by atomic mass is 10.0. The Morgan fingerprint density at radius 3 is 1.32 bits per heavy atom. The second-order valence-electron chi connectivity index (χ2n) is 9.45. The van der Waals surface area contributed by atoms with Crippen LogP contribution in [0.15, 0.2) is 48.5 Å². The summed E-state index contributed by atoms with van der Waals surface area (Å²) in [4.78, 5) is 45.9. The van der Waals surface area contributed by atoms with Crippen LogP contribution in [0.25, 0.3) is 0 Å². The van der Waals surface area contributed by atoms with Gasteiger partial charge in [0, 0.05) is 0 Å². The van der Waals surface area contributed by atoms with Gasteiger partial charge in [-0.1, -0.05) is 59.8 Å². The van der Waals surface area contributed by atoms with Crippen LogP contribution in [0.3, 0.4) is 0 Å². The maximum absolute atomic E-state index is 11.9. The predicted molar refractivity (Wildman–Crippen MR) is 154 cm³/mol. The number of hydrogen-bond donors (Lipinski definition) is 1. The van der Waals surface area contributed by atoms with Gasteiger partial charge in [-0.05, 0) is 73.7 Å². The average Bonchev–Trinajstić information content (AvgIpc) is 2.97. The molecule has 0 spiro atoms. The van der Waals surface area contributed by atoms with Gasteiger partial charge in [-0.3, -0.25) is 0 Å². The maximum atomic E-state index is 11.9. The summed E-state index contributed by atoms with van der Waals surface area (Å²) in [7, 11) is 0. The van der Waals surface area contributed by atoms with Crippen molar-refractivity contribution in [3.8, 4) is 0 Å². The van der Waals surface area contributed by atoms with Crippen molar-refractivity contribution in [2.24, 2.45) is 5.92 Å². The average molecular weight is 557 g/mol. The number of hydrogen-bond acceptors (Lipinski definition) is 7. The number of ether oxygens (including phenoxy) is 3. The molecule has 0 fully saturated rings. The van der Waals surface area contributed by atoms with E-state index in [2.05, 4.69) is 13.8 Å². The second kappa shape index (κ2) is 20.3. The van der Waals surface area contributed by atoms with E-state index < -0.39 is 11.9 Å². The number of carbonyl (C=O) groups excluding carboxylic acids is 3. The molecule has 1 N–H and O–H groups in total. The molecule has 0 aromatic heterocycles. The summed E-state index contributed by atoms with van der Waals surface area (Å²) in [5.41, 5.74) is 1.45. The molecule has 8 heteroatoms. The van der Waals surface area contributed by atoms with E-state index in [4.69, 9.17) is 19.3 Å². The van der Waals surface area contributed by atoms with Gasteiger partial charge >= 0.3 is 23.9 Å². The molecule has 0 radical (unpaired) electrons. The monoisotopic (exact) mass is 556 g/mol. The molecule has 1 atom stereocenters. The van der Waals surface area contributed by atoms with Crippen molar-refractivity contribution in [1.29, 1.82) is 0 Å². The lowest BCUT2D eigenvalue weighted by Crippen LogP contribution is -2.14. The Hall–Kier alpha value is -3.68. The molecule has 1 unspecified atom stereocenters. The molecule has 0 bridgehead atoms. The van der Waals surface area contributed by atoms with Crippen LogP contribution in [0.4, 0.5) is 0 Å². The van der Waals surface area contributed by atoms with Crippen molar-refractivity contribution in [1.82, 2.24) is 0 Å². The fourth-order valence-electron chi connectivity index (χ4n) is 3.45. The Labute approximate surface area is 238 Å². The molecular weight excluding hydrogens is 512 g/mol. The smallest absolute Gasteiger partial charge is 0.338 e. The third-order valence-corrected chi connectivity index (χ3v) is 6.18. The number of esters is 3. The summed E-state index contributed by atoms with van der Waals surface area (Å²) >= 11 is 0. The summed E-state index contributed by atoms with van der Waals surface area (Å²) in [6.07, 6.45) is 8.01. The number of carboxylic acid groups (broad SMARTS) is 1. The van der Waals surface area contributed by atoms with E-state index in [1.807, 2.05) is 13.8 Å². The first-order chi connectivity index (χ1) is 19.3. The van der Waals surface area contributed by atoms with Crippen LogP contribution < -0.4 is 0 Å². The lowest BCUT2D eigenvalue weighted by molar-refractivity contribution is 0.0426. The van der Waals surface area contributed by atoms with Gasteiger partial charge in [-0.25, -0.2) is 19.2 Å².